The summed E-state index contributed by atoms with van der Waals surface area (Å²) in [6, 6.07) is 14.0. The van der Waals surface area contributed by atoms with E-state index in [0.717, 1.165) is 25.2 Å². The van der Waals surface area contributed by atoms with Crippen molar-refractivity contribution < 1.29 is 23.8 Å². The molecule has 0 unspecified atom stereocenters. The fourth-order valence-corrected chi connectivity index (χ4v) is 3.79. The van der Waals surface area contributed by atoms with Gasteiger partial charge in [0.15, 0.2) is 11.5 Å². The van der Waals surface area contributed by atoms with Gasteiger partial charge in [-0.05, 0) is 61.1 Å². The van der Waals surface area contributed by atoms with Crippen LogP contribution in [-0.2, 0) is 11.3 Å². The molecule has 0 radical (unpaired) electrons. The molecule has 0 bridgehead atoms. The van der Waals surface area contributed by atoms with E-state index in [-0.39, 0.29) is 31.1 Å². The van der Waals surface area contributed by atoms with Gasteiger partial charge in [-0.2, -0.15) is 4.98 Å². The zero-order valence-electron chi connectivity index (χ0n) is 21.8. The molecule has 11 nitrogen and oxygen atoms in total. The van der Waals surface area contributed by atoms with Crippen molar-refractivity contribution in [2.75, 3.05) is 50.7 Å². The molecule has 0 aliphatic carbocycles. The molecule has 0 spiro atoms. The molecule has 4 rings (SSSR count). The number of hydrogen-bond donors (Lipinski definition) is 2. The summed E-state index contributed by atoms with van der Waals surface area (Å²) in [4.78, 5) is 37.5. The molecule has 2 amide bonds. The average molecular weight is 521 g/mol. The fourth-order valence-electron chi connectivity index (χ4n) is 3.79. The van der Waals surface area contributed by atoms with Crippen molar-refractivity contribution in [2.45, 2.75) is 20.5 Å². The maximum absolute atomic E-state index is 12.7. The van der Waals surface area contributed by atoms with E-state index >= 15 is 0 Å². The number of ether oxygens (including phenoxy) is 3. The molecule has 11 heteroatoms. The van der Waals surface area contributed by atoms with Crippen LogP contribution >= 0.6 is 0 Å². The number of carbonyl (C=O) groups is 2. The minimum Gasteiger partial charge on any atom is -0.454 e. The minimum absolute atomic E-state index is 0.0367. The molecule has 38 heavy (non-hydrogen) atoms. The highest BCUT2D eigenvalue weighted by Gasteiger charge is 2.15. The number of nitrogens with one attached hydrogen (secondary N) is 2. The van der Waals surface area contributed by atoms with Crippen LogP contribution in [0.5, 0.6) is 11.5 Å². The van der Waals surface area contributed by atoms with Crippen molar-refractivity contribution in [2.24, 2.45) is 0 Å². The Kier molecular flexibility index (Phi) is 8.94. The van der Waals surface area contributed by atoms with Crippen molar-refractivity contribution in [3.63, 3.8) is 0 Å². The third-order valence-electron chi connectivity index (χ3n) is 6.07. The average Bonchev–Trinajstić information content (AvgIpc) is 3.41. The first kappa shape index (κ1) is 26.7. The Morgan fingerprint density at radius 3 is 2.53 bits per heavy atom. The van der Waals surface area contributed by atoms with Crippen LogP contribution in [0.25, 0.3) is 0 Å². The maximum atomic E-state index is 12.7. The summed E-state index contributed by atoms with van der Waals surface area (Å²) < 4.78 is 15.9. The molecule has 200 valence electrons. The number of rotatable bonds is 11. The lowest BCUT2D eigenvalue weighted by Crippen LogP contribution is -2.36. The zero-order chi connectivity index (χ0) is 26.9. The number of fused-ring (bicyclic) bond motifs is 1. The second kappa shape index (κ2) is 12.7. The Hall–Kier alpha value is -4.38. The molecular formula is C27H32N6O5. The summed E-state index contributed by atoms with van der Waals surface area (Å²) in [6.45, 7) is 7.88. The van der Waals surface area contributed by atoms with Crippen LogP contribution in [0.1, 0.15) is 29.8 Å². The van der Waals surface area contributed by atoms with Gasteiger partial charge >= 0.3 is 6.09 Å². The normalized spacial score (nSPS) is 11.8. The molecule has 0 atom stereocenters. The molecule has 2 N–H and O–H groups in total. The lowest BCUT2D eigenvalue weighted by molar-refractivity contribution is 0.0779. The van der Waals surface area contributed by atoms with Crippen LogP contribution < -0.4 is 20.1 Å². The smallest absolute Gasteiger partial charge is 0.413 e. The first-order chi connectivity index (χ1) is 18.4. The Morgan fingerprint density at radius 2 is 1.76 bits per heavy atom. The van der Waals surface area contributed by atoms with E-state index in [1.807, 2.05) is 7.05 Å². The number of aromatic nitrogens is 2. The summed E-state index contributed by atoms with van der Waals surface area (Å²) in [6.07, 6.45) is 0.867. The van der Waals surface area contributed by atoms with E-state index in [4.69, 9.17) is 14.2 Å². The monoisotopic (exact) mass is 520 g/mol. The first-order valence-electron chi connectivity index (χ1n) is 12.5. The van der Waals surface area contributed by atoms with Gasteiger partial charge in [0.1, 0.15) is 12.4 Å². The summed E-state index contributed by atoms with van der Waals surface area (Å²) in [7, 11) is 1.81. The second-order valence-electron chi connectivity index (χ2n) is 8.61. The maximum Gasteiger partial charge on any atom is 0.413 e. The van der Waals surface area contributed by atoms with Crippen LogP contribution in [-0.4, -0.2) is 71.8 Å². The largest absolute Gasteiger partial charge is 0.454 e. The number of benzene rings is 2. The van der Waals surface area contributed by atoms with E-state index in [9.17, 15) is 9.59 Å². The summed E-state index contributed by atoms with van der Waals surface area (Å²) in [5, 5.41) is 5.67. The predicted molar refractivity (Wildman–Crippen MR) is 143 cm³/mol. The standard InChI is InChI=1S/C27H32N6O5/c1-4-33(5-2)15-14-32(3)25(34)20-7-9-21(10-8-20)29-26-28-13-12-24(30-26)31-27(35)36-17-19-6-11-22-23(16-19)38-18-37-22/h6-13,16H,4-5,14-15,17-18H2,1-3H3,(H2,28,29,30,31,35). The molecular weight excluding hydrogens is 488 g/mol. The van der Waals surface area contributed by atoms with Gasteiger partial charge in [0, 0.05) is 37.6 Å². The Bertz CT molecular complexity index is 1250. The summed E-state index contributed by atoms with van der Waals surface area (Å²) in [5.74, 6) is 1.82. The van der Waals surface area contributed by atoms with Crippen LogP contribution in [0.2, 0.25) is 0 Å². The van der Waals surface area contributed by atoms with Crippen molar-refractivity contribution in [1.82, 2.24) is 19.8 Å². The number of amides is 2. The van der Waals surface area contributed by atoms with Gasteiger partial charge in [-0.15, -0.1) is 0 Å². The zero-order valence-corrected chi connectivity index (χ0v) is 21.8. The van der Waals surface area contributed by atoms with Gasteiger partial charge in [0.05, 0.1) is 0 Å². The number of likely N-dealkylation sites (N-methyl/N-ethyl adjacent to an activating group) is 2. The Labute approximate surface area is 221 Å². The van der Waals surface area contributed by atoms with E-state index < -0.39 is 6.09 Å². The molecule has 3 aromatic rings. The third-order valence-corrected chi connectivity index (χ3v) is 6.07. The molecule has 2 heterocycles. The van der Waals surface area contributed by atoms with Gasteiger partial charge in [0.2, 0.25) is 12.7 Å². The number of hydrogen-bond acceptors (Lipinski definition) is 9. The third kappa shape index (κ3) is 7.10. The second-order valence-corrected chi connectivity index (χ2v) is 8.61. The van der Waals surface area contributed by atoms with E-state index in [1.54, 1.807) is 53.4 Å². The minimum atomic E-state index is -0.653. The van der Waals surface area contributed by atoms with Gasteiger partial charge < -0.3 is 29.3 Å². The van der Waals surface area contributed by atoms with Crippen molar-refractivity contribution in [3.8, 4) is 11.5 Å². The lowest BCUT2D eigenvalue weighted by Gasteiger charge is -2.23. The molecule has 1 aliphatic rings. The fraction of sp³-hybridized carbons (Fsp3) is 0.333. The van der Waals surface area contributed by atoms with Crippen molar-refractivity contribution >= 4 is 29.5 Å². The number of nitrogens with zero attached hydrogens (tertiary/aromatic N) is 4. The molecule has 0 saturated heterocycles. The number of carbonyl (C=O) groups excluding carboxylic acids is 2. The summed E-state index contributed by atoms with van der Waals surface area (Å²) >= 11 is 0. The highest BCUT2D eigenvalue weighted by Crippen LogP contribution is 2.32. The van der Waals surface area contributed by atoms with Gasteiger partial charge in [-0.25, -0.2) is 9.78 Å². The molecule has 2 aromatic carbocycles. The molecule has 0 fully saturated rings. The highest BCUT2D eigenvalue weighted by molar-refractivity contribution is 5.94. The van der Waals surface area contributed by atoms with Gasteiger partial charge in [0.25, 0.3) is 5.91 Å². The topological polar surface area (TPSA) is 118 Å². The summed E-state index contributed by atoms with van der Waals surface area (Å²) in [5.41, 5.74) is 2.07. The molecule has 1 aliphatic heterocycles. The van der Waals surface area contributed by atoms with Crippen molar-refractivity contribution in [1.29, 1.82) is 0 Å². The predicted octanol–water partition coefficient (Wildman–Crippen LogP) is 4.11. The van der Waals surface area contributed by atoms with Crippen LogP contribution in [0.3, 0.4) is 0 Å². The van der Waals surface area contributed by atoms with E-state index in [2.05, 4.69) is 39.3 Å². The SMILES string of the molecule is CCN(CC)CCN(C)C(=O)c1ccc(Nc2nccc(NC(=O)OCc3ccc4c(c3)OCO4)n2)cc1. The van der Waals surface area contributed by atoms with Crippen LogP contribution in [0.4, 0.5) is 22.2 Å². The quantitative estimate of drug-likeness (QED) is 0.385. The highest BCUT2D eigenvalue weighted by atomic mass is 16.7. The molecule has 0 saturated carbocycles. The lowest BCUT2D eigenvalue weighted by atomic mass is 10.2. The van der Waals surface area contributed by atoms with Gasteiger partial charge in [-0.1, -0.05) is 19.9 Å². The van der Waals surface area contributed by atoms with Crippen molar-refractivity contribution in [3.05, 3.63) is 65.9 Å². The van der Waals surface area contributed by atoms with E-state index in [1.165, 1.54) is 6.20 Å². The van der Waals surface area contributed by atoms with Gasteiger partial charge in [-0.3, -0.25) is 10.1 Å². The first-order valence-corrected chi connectivity index (χ1v) is 12.5. The molecule has 1 aromatic heterocycles. The van der Waals surface area contributed by atoms with Crippen LogP contribution in [0.15, 0.2) is 54.7 Å². The number of anilines is 3. The Balaban J connectivity index is 1.27. The van der Waals surface area contributed by atoms with Crippen LogP contribution in [0, 0.1) is 0 Å². The Morgan fingerprint density at radius 1 is 1.00 bits per heavy atom. The van der Waals surface area contributed by atoms with E-state index in [0.29, 0.717) is 29.3 Å².